The van der Waals surface area contributed by atoms with Crippen LogP contribution in [-0.4, -0.2) is 47.7 Å². The molecular formula is C24H24F2N2O5. The van der Waals surface area contributed by atoms with Crippen LogP contribution in [0.25, 0.3) is 11.1 Å². The van der Waals surface area contributed by atoms with Gasteiger partial charge in [-0.1, -0.05) is 48.5 Å². The first-order valence-corrected chi connectivity index (χ1v) is 10.8. The molecule has 0 aliphatic heterocycles. The van der Waals surface area contributed by atoms with Gasteiger partial charge in [-0.15, -0.1) is 0 Å². The van der Waals surface area contributed by atoms with Gasteiger partial charge in [-0.05, 0) is 41.5 Å². The lowest BCUT2D eigenvalue weighted by molar-refractivity contribution is -0.145. The SMILES string of the molecule is O=C(NC1(C(=O)NC(CC(F)F)C(=O)O)CCC1)OCC1c2ccccc2-c2ccccc21. The summed E-state index contributed by atoms with van der Waals surface area (Å²) in [6, 6.07) is 14.0. The quantitative estimate of drug-likeness (QED) is 0.560. The van der Waals surface area contributed by atoms with Gasteiger partial charge in [0, 0.05) is 12.3 Å². The molecule has 33 heavy (non-hydrogen) atoms. The molecule has 174 valence electrons. The van der Waals surface area contributed by atoms with E-state index in [0.717, 1.165) is 22.3 Å². The number of alkyl halides is 2. The lowest BCUT2D eigenvalue weighted by Crippen LogP contribution is -2.64. The van der Waals surface area contributed by atoms with Gasteiger partial charge in [0.15, 0.2) is 0 Å². The Kier molecular flexibility index (Phi) is 6.31. The van der Waals surface area contributed by atoms with E-state index in [-0.39, 0.29) is 25.4 Å². The summed E-state index contributed by atoms with van der Waals surface area (Å²) in [5, 5.41) is 13.8. The van der Waals surface area contributed by atoms with Crippen molar-refractivity contribution < 1.29 is 33.0 Å². The van der Waals surface area contributed by atoms with E-state index in [1.807, 2.05) is 48.5 Å². The van der Waals surface area contributed by atoms with E-state index in [0.29, 0.717) is 6.42 Å². The number of rotatable bonds is 8. The zero-order chi connectivity index (χ0) is 23.6. The fraction of sp³-hybridized carbons (Fsp3) is 0.375. The number of ether oxygens (including phenoxy) is 1. The average molecular weight is 458 g/mol. The molecule has 2 amide bonds. The first-order valence-electron chi connectivity index (χ1n) is 10.8. The number of carboxylic acids is 1. The maximum atomic E-state index is 12.7. The zero-order valence-electron chi connectivity index (χ0n) is 17.7. The number of carbonyl (C=O) groups is 3. The molecule has 3 N–H and O–H groups in total. The van der Waals surface area contributed by atoms with Crippen molar-refractivity contribution >= 4 is 18.0 Å². The van der Waals surface area contributed by atoms with Gasteiger partial charge < -0.3 is 20.5 Å². The van der Waals surface area contributed by atoms with Crippen molar-refractivity contribution in [1.82, 2.24) is 10.6 Å². The van der Waals surface area contributed by atoms with Crippen LogP contribution in [0.2, 0.25) is 0 Å². The Hall–Kier alpha value is -3.49. The molecule has 4 rings (SSSR count). The first-order chi connectivity index (χ1) is 15.8. The van der Waals surface area contributed by atoms with Crippen molar-refractivity contribution in [2.75, 3.05) is 6.61 Å². The molecule has 1 saturated carbocycles. The molecular weight excluding hydrogens is 434 g/mol. The fourth-order valence-corrected chi connectivity index (χ4v) is 4.47. The summed E-state index contributed by atoms with van der Waals surface area (Å²) in [5.41, 5.74) is 2.88. The summed E-state index contributed by atoms with van der Waals surface area (Å²) in [5.74, 6) is -2.51. The molecule has 2 aromatic rings. The molecule has 0 saturated heterocycles. The van der Waals surface area contributed by atoms with Gasteiger partial charge in [0.2, 0.25) is 12.3 Å². The van der Waals surface area contributed by atoms with E-state index >= 15 is 0 Å². The minimum absolute atomic E-state index is 0.0562. The highest BCUT2D eigenvalue weighted by Crippen LogP contribution is 2.44. The average Bonchev–Trinajstić information content (AvgIpc) is 3.07. The molecule has 0 radical (unpaired) electrons. The van der Waals surface area contributed by atoms with Gasteiger partial charge in [0.25, 0.3) is 0 Å². The number of nitrogens with one attached hydrogen (secondary N) is 2. The van der Waals surface area contributed by atoms with Crippen LogP contribution in [0.3, 0.4) is 0 Å². The standard InChI is InChI=1S/C24H24F2N2O5/c25-20(26)12-19(21(29)30)27-22(31)24(10-5-11-24)28-23(32)33-13-18-16-8-3-1-6-14(16)15-7-2-4-9-17(15)18/h1-4,6-9,18-20H,5,10-13H2,(H,27,31)(H,28,32)(H,29,30). The molecule has 1 fully saturated rings. The van der Waals surface area contributed by atoms with E-state index in [9.17, 15) is 23.2 Å². The van der Waals surface area contributed by atoms with Crippen molar-refractivity contribution in [3.8, 4) is 11.1 Å². The van der Waals surface area contributed by atoms with Gasteiger partial charge in [0.1, 0.15) is 18.2 Å². The maximum absolute atomic E-state index is 12.7. The number of alkyl carbamates (subject to hydrolysis) is 1. The summed E-state index contributed by atoms with van der Waals surface area (Å²) in [6.45, 7) is 0.0562. The number of carbonyl (C=O) groups excluding carboxylic acids is 2. The third-order valence-corrected chi connectivity index (χ3v) is 6.34. The molecule has 0 bridgehead atoms. The molecule has 0 heterocycles. The molecule has 2 aliphatic rings. The predicted octanol–water partition coefficient (Wildman–Crippen LogP) is 3.67. The molecule has 2 aliphatic carbocycles. The highest BCUT2D eigenvalue weighted by molar-refractivity contribution is 5.93. The Labute approximate surface area is 189 Å². The maximum Gasteiger partial charge on any atom is 0.408 e. The molecule has 0 spiro atoms. The summed E-state index contributed by atoms with van der Waals surface area (Å²) in [7, 11) is 0. The zero-order valence-corrected chi connectivity index (χ0v) is 17.7. The number of carboxylic acid groups (broad SMARTS) is 1. The highest BCUT2D eigenvalue weighted by atomic mass is 19.3. The Bertz CT molecular complexity index is 1020. The van der Waals surface area contributed by atoms with Gasteiger partial charge in [-0.3, -0.25) is 4.79 Å². The molecule has 7 nitrogen and oxygen atoms in total. The van der Waals surface area contributed by atoms with Crippen LogP contribution in [0.4, 0.5) is 13.6 Å². The smallest absolute Gasteiger partial charge is 0.408 e. The van der Waals surface area contributed by atoms with E-state index in [2.05, 4.69) is 10.6 Å². The van der Waals surface area contributed by atoms with Gasteiger partial charge in [0.05, 0.1) is 0 Å². The van der Waals surface area contributed by atoms with Crippen molar-refractivity contribution in [2.45, 2.75) is 49.6 Å². The normalized spacial score (nSPS) is 16.8. The second kappa shape index (κ2) is 9.17. The Morgan fingerprint density at radius 2 is 1.61 bits per heavy atom. The number of fused-ring (bicyclic) bond motifs is 3. The van der Waals surface area contributed by atoms with Crippen molar-refractivity contribution in [3.05, 3.63) is 59.7 Å². The second-order valence-electron chi connectivity index (χ2n) is 8.38. The lowest BCUT2D eigenvalue weighted by Gasteiger charge is -2.40. The van der Waals surface area contributed by atoms with Gasteiger partial charge >= 0.3 is 12.1 Å². The summed E-state index contributed by atoms with van der Waals surface area (Å²) >= 11 is 0. The van der Waals surface area contributed by atoms with Crippen LogP contribution in [-0.2, 0) is 14.3 Å². The number of hydrogen-bond donors (Lipinski definition) is 3. The molecule has 9 heteroatoms. The second-order valence-corrected chi connectivity index (χ2v) is 8.38. The topological polar surface area (TPSA) is 105 Å². The number of hydrogen-bond acceptors (Lipinski definition) is 4. The molecule has 1 atom stereocenters. The minimum atomic E-state index is -2.89. The lowest BCUT2D eigenvalue weighted by atomic mass is 9.76. The van der Waals surface area contributed by atoms with Crippen LogP contribution in [0, 0.1) is 0 Å². The largest absolute Gasteiger partial charge is 0.480 e. The first kappa shape index (κ1) is 22.7. The number of halogens is 2. The summed E-state index contributed by atoms with van der Waals surface area (Å²) in [4.78, 5) is 36.5. The van der Waals surface area contributed by atoms with Crippen LogP contribution < -0.4 is 10.6 Å². The fourth-order valence-electron chi connectivity index (χ4n) is 4.47. The third-order valence-electron chi connectivity index (χ3n) is 6.34. The number of benzene rings is 2. The Morgan fingerprint density at radius 3 is 2.09 bits per heavy atom. The van der Waals surface area contributed by atoms with Crippen molar-refractivity contribution in [1.29, 1.82) is 0 Å². The van der Waals surface area contributed by atoms with Crippen molar-refractivity contribution in [3.63, 3.8) is 0 Å². The molecule has 2 aromatic carbocycles. The molecule has 0 aromatic heterocycles. The van der Waals surface area contributed by atoms with Gasteiger partial charge in [-0.2, -0.15) is 0 Å². The summed E-state index contributed by atoms with van der Waals surface area (Å²) < 4.78 is 30.8. The van der Waals surface area contributed by atoms with Gasteiger partial charge in [-0.25, -0.2) is 18.4 Å². The van der Waals surface area contributed by atoms with Crippen LogP contribution in [0.5, 0.6) is 0 Å². The third kappa shape index (κ3) is 4.53. The Balaban J connectivity index is 1.41. The predicted molar refractivity (Wildman–Crippen MR) is 115 cm³/mol. The van der Waals surface area contributed by atoms with Crippen LogP contribution in [0.15, 0.2) is 48.5 Å². The van der Waals surface area contributed by atoms with Crippen molar-refractivity contribution in [2.24, 2.45) is 0 Å². The van der Waals surface area contributed by atoms with E-state index in [1.54, 1.807) is 0 Å². The number of amides is 2. The summed E-state index contributed by atoms with van der Waals surface area (Å²) in [6.07, 6.45) is -3.55. The van der Waals surface area contributed by atoms with E-state index in [4.69, 9.17) is 9.84 Å². The van der Waals surface area contributed by atoms with E-state index in [1.165, 1.54) is 0 Å². The van der Waals surface area contributed by atoms with Crippen LogP contribution >= 0.6 is 0 Å². The monoisotopic (exact) mass is 458 g/mol. The number of aliphatic carboxylic acids is 1. The van der Waals surface area contributed by atoms with E-state index < -0.39 is 42.4 Å². The molecule has 1 unspecified atom stereocenters. The highest BCUT2D eigenvalue weighted by Gasteiger charge is 2.47. The van der Waals surface area contributed by atoms with Crippen LogP contribution in [0.1, 0.15) is 42.7 Å². The minimum Gasteiger partial charge on any atom is -0.480 e. The Morgan fingerprint density at radius 1 is 1.03 bits per heavy atom.